The van der Waals surface area contributed by atoms with Crippen LogP contribution in [0.25, 0.3) is 0 Å². The molecule has 3 N–H and O–H groups in total. The average Bonchev–Trinajstić information content (AvgIpc) is 3.37. The van der Waals surface area contributed by atoms with Gasteiger partial charge in [-0.25, -0.2) is 4.99 Å². The van der Waals surface area contributed by atoms with Crippen molar-refractivity contribution >= 4 is 11.9 Å². The highest BCUT2D eigenvalue weighted by Crippen LogP contribution is 2.18. The van der Waals surface area contributed by atoms with Gasteiger partial charge < -0.3 is 20.7 Å². The molecule has 1 fully saturated rings. The van der Waals surface area contributed by atoms with E-state index in [9.17, 15) is 4.79 Å². The number of rotatable bonds is 8. The largest absolute Gasteiger partial charge is 0.497 e. The summed E-state index contributed by atoms with van der Waals surface area (Å²) in [4.78, 5) is 16.0. The van der Waals surface area contributed by atoms with Crippen LogP contribution in [0.3, 0.4) is 0 Å². The number of hydrogen-bond donors (Lipinski definition) is 3. The van der Waals surface area contributed by atoms with Crippen molar-refractivity contribution < 1.29 is 9.53 Å². The molecule has 0 saturated heterocycles. The van der Waals surface area contributed by atoms with Gasteiger partial charge in [-0.05, 0) is 43.9 Å². The number of methoxy groups -OCH3 is 1. The summed E-state index contributed by atoms with van der Waals surface area (Å²) in [5, 5.41) is 9.33. The summed E-state index contributed by atoms with van der Waals surface area (Å²) in [5.74, 6) is 1.52. The third-order valence-corrected chi connectivity index (χ3v) is 3.53. The summed E-state index contributed by atoms with van der Waals surface area (Å²) in [5.41, 5.74) is 1.22. The summed E-state index contributed by atoms with van der Waals surface area (Å²) in [6.07, 6.45) is 3.06. The van der Waals surface area contributed by atoms with E-state index in [1.54, 1.807) is 7.11 Å². The molecule has 1 amide bonds. The molecule has 1 aliphatic rings. The second kappa shape index (κ2) is 9.02. The predicted molar refractivity (Wildman–Crippen MR) is 91.8 cm³/mol. The quantitative estimate of drug-likeness (QED) is 0.495. The maximum Gasteiger partial charge on any atom is 0.242 e. The van der Waals surface area contributed by atoms with Crippen LogP contribution in [0.15, 0.2) is 29.3 Å². The number of carbonyl (C=O) groups excluding carboxylic acids is 1. The van der Waals surface area contributed by atoms with Crippen molar-refractivity contribution in [2.24, 2.45) is 4.99 Å². The Balaban J connectivity index is 1.74. The molecule has 23 heavy (non-hydrogen) atoms. The van der Waals surface area contributed by atoms with Gasteiger partial charge in [0.25, 0.3) is 0 Å². The lowest BCUT2D eigenvalue weighted by atomic mass is 10.1. The highest BCUT2D eigenvalue weighted by molar-refractivity contribution is 5.85. The van der Waals surface area contributed by atoms with Crippen molar-refractivity contribution in [2.45, 2.75) is 32.2 Å². The number of guanidine groups is 1. The number of carbonyl (C=O) groups is 1. The fraction of sp³-hybridized carbons (Fsp3) is 0.529. The molecule has 1 aliphatic carbocycles. The molecule has 0 radical (unpaired) electrons. The molecule has 126 valence electrons. The Kier molecular flexibility index (Phi) is 6.72. The van der Waals surface area contributed by atoms with Crippen LogP contribution in [-0.4, -0.2) is 44.7 Å². The van der Waals surface area contributed by atoms with Gasteiger partial charge in [-0.2, -0.15) is 0 Å². The first-order chi connectivity index (χ1) is 11.2. The van der Waals surface area contributed by atoms with Crippen molar-refractivity contribution in [3.63, 3.8) is 0 Å². The van der Waals surface area contributed by atoms with E-state index in [2.05, 4.69) is 20.9 Å². The van der Waals surface area contributed by atoms with E-state index >= 15 is 0 Å². The lowest BCUT2D eigenvalue weighted by Gasteiger charge is -2.11. The molecule has 0 spiro atoms. The Hall–Kier alpha value is -2.24. The average molecular weight is 318 g/mol. The first kappa shape index (κ1) is 17.1. The maximum atomic E-state index is 11.7. The molecular formula is C17H26N4O2. The van der Waals surface area contributed by atoms with Crippen LogP contribution in [-0.2, 0) is 11.2 Å². The van der Waals surface area contributed by atoms with Crippen LogP contribution in [0.5, 0.6) is 5.75 Å². The molecule has 6 heteroatoms. The standard InChI is InChI=1S/C17H26N4O2/c1-3-18-17(20-12-16(22)21-14-6-7-14)19-11-10-13-4-8-15(23-2)9-5-13/h4-5,8-9,14H,3,6-7,10-12H2,1-2H3,(H,21,22)(H2,18,19,20). The molecule has 0 heterocycles. The van der Waals surface area contributed by atoms with E-state index in [0.717, 1.165) is 38.1 Å². The zero-order chi connectivity index (χ0) is 16.5. The minimum absolute atomic E-state index is 0.0140. The molecule has 1 saturated carbocycles. The molecule has 1 aromatic rings. The van der Waals surface area contributed by atoms with Gasteiger partial charge in [-0.3, -0.25) is 4.79 Å². The summed E-state index contributed by atoms with van der Waals surface area (Å²) < 4.78 is 5.15. The van der Waals surface area contributed by atoms with E-state index < -0.39 is 0 Å². The second-order valence-electron chi connectivity index (χ2n) is 5.56. The first-order valence-corrected chi connectivity index (χ1v) is 8.15. The fourth-order valence-electron chi connectivity index (χ4n) is 2.11. The normalized spacial score (nSPS) is 14.3. The number of nitrogens with one attached hydrogen (secondary N) is 3. The maximum absolute atomic E-state index is 11.7. The highest BCUT2D eigenvalue weighted by atomic mass is 16.5. The van der Waals surface area contributed by atoms with Gasteiger partial charge in [-0.1, -0.05) is 12.1 Å². The van der Waals surface area contributed by atoms with Gasteiger partial charge in [-0.15, -0.1) is 0 Å². The van der Waals surface area contributed by atoms with Crippen LogP contribution in [0.2, 0.25) is 0 Å². The Morgan fingerprint density at radius 3 is 2.61 bits per heavy atom. The monoisotopic (exact) mass is 318 g/mol. The lowest BCUT2D eigenvalue weighted by molar-refractivity contribution is -0.119. The van der Waals surface area contributed by atoms with Crippen molar-refractivity contribution in [1.29, 1.82) is 0 Å². The van der Waals surface area contributed by atoms with Gasteiger partial charge in [0.05, 0.1) is 7.11 Å². The van der Waals surface area contributed by atoms with Crippen molar-refractivity contribution in [1.82, 2.24) is 16.0 Å². The Morgan fingerprint density at radius 1 is 1.26 bits per heavy atom. The van der Waals surface area contributed by atoms with E-state index in [4.69, 9.17) is 4.74 Å². The van der Waals surface area contributed by atoms with Crippen molar-refractivity contribution in [3.8, 4) is 5.75 Å². The number of amides is 1. The first-order valence-electron chi connectivity index (χ1n) is 8.15. The minimum atomic E-state index is -0.0140. The third kappa shape index (κ3) is 6.59. The molecule has 0 bridgehead atoms. The molecule has 1 aromatic carbocycles. The molecule has 0 unspecified atom stereocenters. The zero-order valence-electron chi connectivity index (χ0n) is 13.9. The Labute approximate surface area is 137 Å². The van der Waals surface area contributed by atoms with Crippen LogP contribution in [0, 0.1) is 0 Å². The molecule has 0 atom stereocenters. The molecule has 0 aliphatic heterocycles. The van der Waals surface area contributed by atoms with E-state index in [1.807, 2.05) is 31.2 Å². The second-order valence-corrected chi connectivity index (χ2v) is 5.56. The summed E-state index contributed by atoms with van der Waals surface area (Å²) in [7, 11) is 1.66. The number of hydrogen-bond acceptors (Lipinski definition) is 3. The Bertz CT molecular complexity index is 524. The number of ether oxygens (including phenoxy) is 1. The minimum Gasteiger partial charge on any atom is -0.497 e. The molecule has 6 nitrogen and oxygen atoms in total. The van der Waals surface area contributed by atoms with Crippen LogP contribution in [0.1, 0.15) is 25.3 Å². The van der Waals surface area contributed by atoms with E-state index in [-0.39, 0.29) is 12.5 Å². The lowest BCUT2D eigenvalue weighted by Crippen LogP contribution is -2.39. The number of aliphatic imine (C=N–C) groups is 1. The third-order valence-electron chi connectivity index (χ3n) is 3.53. The van der Waals surface area contributed by atoms with Crippen LogP contribution in [0.4, 0.5) is 0 Å². The van der Waals surface area contributed by atoms with Crippen LogP contribution >= 0.6 is 0 Å². The fourth-order valence-corrected chi connectivity index (χ4v) is 2.11. The summed E-state index contributed by atoms with van der Waals surface area (Å²) in [6.45, 7) is 3.68. The summed E-state index contributed by atoms with van der Waals surface area (Å²) >= 11 is 0. The van der Waals surface area contributed by atoms with Crippen molar-refractivity contribution in [3.05, 3.63) is 29.8 Å². The topological polar surface area (TPSA) is 74.8 Å². The summed E-state index contributed by atoms with van der Waals surface area (Å²) in [6, 6.07) is 8.39. The van der Waals surface area contributed by atoms with Gasteiger partial charge in [0.15, 0.2) is 5.96 Å². The van der Waals surface area contributed by atoms with Crippen LogP contribution < -0.4 is 20.7 Å². The number of benzene rings is 1. The van der Waals surface area contributed by atoms with Crippen molar-refractivity contribution in [2.75, 3.05) is 26.7 Å². The Morgan fingerprint density at radius 2 is 2.00 bits per heavy atom. The molecule has 2 rings (SSSR count). The highest BCUT2D eigenvalue weighted by Gasteiger charge is 2.22. The predicted octanol–water partition coefficient (Wildman–Crippen LogP) is 1.07. The smallest absolute Gasteiger partial charge is 0.242 e. The van der Waals surface area contributed by atoms with Gasteiger partial charge in [0, 0.05) is 19.1 Å². The number of nitrogens with zero attached hydrogens (tertiary/aromatic N) is 1. The van der Waals surface area contributed by atoms with Gasteiger partial charge in [0.1, 0.15) is 12.3 Å². The van der Waals surface area contributed by atoms with Gasteiger partial charge >= 0.3 is 0 Å². The zero-order valence-corrected chi connectivity index (χ0v) is 13.9. The van der Waals surface area contributed by atoms with Gasteiger partial charge in [0.2, 0.25) is 5.91 Å². The SMILES string of the molecule is CCNC(=NCC(=O)NC1CC1)NCCc1ccc(OC)cc1. The molecule has 0 aromatic heterocycles. The molecular weight excluding hydrogens is 292 g/mol. The van der Waals surface area contributed by atoms with E-state index in [1.165, 1.54) is 5.56 Å². The van der Waals surface area contributed by atoms with E-state index in [0.29, 0.717) is 12.0 Å².